The Kier molecular flexibility index (Phi) is 27.3. The average molecular weight is 1590 g/mol. The fourth-order valence-corrected chi connectivity index (χ4v) is 14.6. The van der Waals surface area contributed by atoms with E-state index < -0.39 is 63.6 Å². The first-order valence-corrected chi connectivity index (χ1v) is 38.9. The molecule has 6 amide bonds. The minimum Gasteiger partial charge on any atom is -0.306 e. The summed E-state index contributed by atoms with van der Waals surface area (Å²) in [5.41, 5.74) is 5.80. The van der Waals surface area contributed by atoms with Crippen LogP contribution in [0.2, 0.25) is 25.1 Å². The van der Waals surface area contributed by atoms with Gasteiger partial charge in [-0.3, -0.25) is 38.2 Å². The third-order valence-electron chi connectivity index (χ3n) is 17.9. The first-order chi connectivity index (χ1) is 52.7. The van der Waals surface area contributed by atoms with Crippen molar-refractivity contribution >= 4 is 155 Å². The van der Waals surface area contributed by atoms with Gasteiger partial charge in [0.25, 0.3) is 35.4 Å². The summed E-state index contributed by atoms with van der Waals surface area (Å²) in [6, 6.07) is 42.3. The molecule has 0 spiro atoms. The van der Waals surface area contributed by atoms with Crippen LogP contribution >= 0.6 is 58.0 Å². The van der Waals surface area contributed by atoms with Gasteiger partial charge < -0.3 is 16.0 Å². The lowest BCUT2D eigenvalue weighted by Crippen LogP contribution is -2.38. The maximum absolute atomic E-state index is 13.7. The van der Waals surface area contributed by atoms with Gasteiger partial charge in [0.05, 0.1) is 37.7 Å². The molecule has 0 fully saturated rings. The predicted octanol–water partition coefficient (Wildman–Crippen LogP) is 15.7. The Bertz CT molecular complexity index is 5070. The molecule has 0 saturated carbocycles. The van der Waals surface area contributed by atoms with E-state index >= 15 is 0 Å². The number of carbonyl (C=O) groups excluding carboxylic acids is 6. The topological polar surface area (TPSA) is 311 Å². The standard InChI is InChI=1S/C35H48N6O4S.C24H17Cl3N6O2.C18H12Cl2N6O2/c1-2-3-4-5-6-7-8-9-10-11-12-13-14-18-28-46(44,45)39-30-22-24-31(25-23-30)41-35(43)32(40-27-19-26-36-40)33(38-41)37-34(42)29-20-16-15-17-21-29;1-12-8-18-19(9-13(12)2)32(31-29-18)21-22(28-23(34)14-6-4-3-5-7-14)30-33(24(21)35)20-16(26)10-15(25)11-17(20)27;19-12-6-7-13(20)14(8-12)26-18(28)15(25-10-21-9-22-25)16(24-26)23-17(27)11-4-2-1-3-5-11/h15-17,19-27,32,39H,2-14,18,28H2,1H3,(H,37,38,42);3-11,21H,1-2H3,(H,28,30,34);1-10,15H,(H,23,24,27). The summed E-state index contributed by atoms with van der Waals surface area (Å²) >= 11 is 31.1. The predicted molar refractivity (Wildman–Crippen MR) is 425 cm³/mol. The van der Waals surface area contributed by atoms with Crippen molar-refractivity contribution in [3.05, 3.63) is 242 Å². The van der Waals surface area contributed by atoms with Gasteiger partial charge in [-0.15, -0.1) is 20.4 Å². The third-order valence-corrected chi connectivity index (χ3v) is 20.6. The summed E-state index contributed by atoms with van der Waals surface area (Å²) in [7, 11) is -3.50. The Balaban J connectivity index is 0.000000167. The van der Waals surface area contributed by atoms with Gasteiger partial charge in [-0.2, -0.15) is 25.2 Å². The van der Waals surface area contributed by atoms with Crippen LogP contribution in [0, 0.1) is 13.8 Å². The number of aryl methyl sites for hydroxylation is 2. The first kappa shape index (κ1) is 79.4. The summed E-state index contributed by atoms with van der Waals surface area (Å²) < 4.78 is 32.2. The van der Waals surface area contributed by atoms with Crippen molar-refractivity contribution in [1.82, 2.24) is 55.5 Å². The van der Waals surface area contributed by atoms with Gasteiger partial charge >= 0.3 is 0 Å². The number of amides is 6. The molecule has 0 saturated heterocycles. The molecule has 3 aliphatic rings. The van der Waals surface area contributed by atoms with Crippen molar-refractivity contribution in [3.63, 3.8) is 0 Å². The third kappa shape index (κ3) is 20.2. The number of fused-ring (bicyclic) bond motifs is 1. The molecule has 3 unspecified atom stereocenters. The Morgan fingerprint density at radius 1 is 0.486 bits per heavy atom. The van der Waals surface area contributed by atoms with Crippen LogP contribution in [0.25, 0.3) is 11.0 Å². The van der Waals surface area contributed by atoms with E-state index in [-0.39, 0.29) is 44.0 Å². The highest BCUT2D eigenvalue weighted by Gasteiger charge is 2.44. The van der Waals surface area contributed by atoms with E-state index in [2.05, 4.69) is 68.4 Å². The molecule has 4 N–H and O–H groups in total. The molecular formula is C77H77Cl5N18O8S. The number of aromatic nitrogens is 8. The number of nitrogens with zero attached hydrogens (tertiary/aromatic N) is 14. The van der Waals surface area contributed by atoms with Crippen molar-refractivity contribution in [2.24, 2.45) is 15.3 Å². The highest BCUT2D eigenvalue weighted by atomic mass is 35.5. The normalized spacial score (nSPS) is 15.4. The maximum Gasteiger partial charge on any atom is 0.280 e. The summed E-state index contributed by atoms with van der Waals surface area (Å²) in [5, 5.41) is 42.5. The second-order valence-electron chi connectivity index (χ2n) is 25.8. The fraction of sp³-hybridized carbons (Fsp3) is 0.273. The average Bonchev–Trinajstić information content (AvgIpc) is 1.61. The summed E-state index contributed by atoms with van der Waals surface area (Å²) in [4.78, 5) is 82.5. The van der Waals surface area contributed by atoms with E-state index in [1.165, 1.54) is 114 Å². The van der Waals surface area contributed by atoms with Crippen LogP contribution in [0.5, 0.6) is 0 Å². The largest absolute Gasteiger partial charge is 0.306 e. The number of halogens is 5. The molecule has 26 nitrogen and oxygen atoms in total. The van der Waals surface area contributed by atoms with Gasteiger partial charge in [-0.1, -0.05) is 208 Å². The smallest absolute Gasteiger partial charge is 0.280 e. The Morgan fingerprint density at radius 3 is 1.50 bits per heavy atom. The van der Waals surface area contributed by atoms with Gasteiger partial charge in [0.15, 0.2) is 35.6 Å². The molecule has 3 aliphatic heterocycles. The molecule has 32 heteroatoms. The molecule has 13 rings (SSSR count). The Morgan fingerprint density at radius 2 is 0.972 bits per heavy atom. The number of unbranched alkanes of at least 4 members (excludes halogenated alkanes) is 13. The zero-order valence-electron chi connectivity index (χ0n) is 59.6. The number of carbonyl (C=O) groups is 6. The van der Waals surface area contributed by atoms with E-state index in [1.54, 1.807) is 140 Å². The molecule has 7 aromatic carbocycles. The number of hydrazone groups is 3. The molecule has 564 valence electrons. The number of nitrogens with one attached hydrogen (secondary N) is 4. The van der Waals surface area contributed by atoms with E-state index in [4.69, 9.17) is 58.0 Å². The summed E-state index contributed by atoms with van der Waals surface area (Å²) in [5.74, 6) is -2.27. The number of amidine groups is 3. The Hall–Kier alpha value is -10.7. The molecule has 0 bridgehead atoms. The highest BCUT2D eigenvalue weighted by molar-refractivity contribution is 7.92. The van der Waals surface area contributed by atoms with Gasteiger partial charge in [0.1, 0.15) is 23.9 Å². The molecule has 3 atom stereocenters. The van der Waals surface area contributed by atoms with Crippen molar-refractivity contribution in [1.29, 1.82) is 0 Å². The molecule has 6 heterocycles. The van der Waals surface area contributed by atoms with Crippen LogP contribution in [0.3, 0.4) is 0 Å². The maximum atomic E-state index is 13.7. The van der Waals surface area contributed by atoms with Crippen LogP contribution in [-0.4, -0.2) is 107 Å². The molecule has 109 heavy (non-hydrogen) atoms. The van der Waals surface area contributed by atoms with Gasteiger partial charge in [-0.25, -0.2) is 22.8 Å². The van der Waals surface area contributed by atoms with Crippen LogP contribution in [0.1, 0.15) is 157 Å². The fourth-order valence-electron chi connectivity index (χ4n) is 12.1. The number of hydrogen-bond acceptors (Lipinski definition) is 16. The van der Waals surface area contributed by atoms with E-state index in [9.17, 15) is 37.2 Å². The number of hydrogen-bond donors (Lipinski definition) is 4. The van der Waals surface area contributed by atoms with Crippen molar-refractivity contribution in [3.8, 4) is 0 Å². The lowest BCUT2D eigenvalue weighted by atomic mass is 10.0. The summed E-state index contributed by atoms with van der Waals surface area (Å²) in [6.07, 6.45) is 22.8. The van der Waals surface area contributed by atoms with Crippen molar-refractivity contribution < 1.29 is 37.2 Å². The molecule has 10 aromatic rings. The van der Waals surface area contributed by atoms with E-state index in [1.807, 2.05) is 32.0 Å². The minimum absolute atomic E-state index is 0.0518. The number of anilines is 4. The Labute approximate surface area is 654 Å². The van der Waals surface area contributed by atoms with Gasteiger partial charge in [-0.05, 0) is 141 Å². The molecular weight excluding hydrogens is 1510 g/mol. The lowest BCUT2D eigenvalue weighted by molar-refractivity contribution is -0.120. The number of benzene rings is 7. The number of rotatable bonds is 26. The quantitative estimate of drug-likeness (QED) is 0.0367. The minimum atomic E-state index is -3.50. The van der Waals surface area contributed by atoms with Crippen LogP contribution in [0.4, 0.5) is 22.7 Å². The molecule has 0 aliphatic carbocycles. The number of sulfonamides is 1. The van der Waals surface area contributed by atoms with Crippen molar-refractivity contribution in [2.75, 3.05) is 25.5 Å². The second kappa shape index (κ2) is 37.4. The highest BCUT2D eigenvalue weighted by Crippen LogP contribution is 2.41. The second-order valence-corrected chi connectivity index (χ2v) is 29.7. The van der Waals surface area contributed by atoms with E-state index in [0.29, 0.717) is 61.3 Å². The SMILES string of the molecule is CCCCCCCCCCCCCCCCS(=O)(=O)Nc1ccc(N2N=C(NC(=O)c3ccccc3)C(n3cccn3)C2=O)cc1.Cc1cc2nnn(C3C(=O)N(c4c(Cl)cc(Cl)cc4Cl)N=C3NC(=O)c3ccccc3)c2cc1C.O=C(NC1=NN(c2cc(Cl)ccc2Cl)C(=O)C1n1cncn1)c1ccccc1. The van der Waals surface area contributed by atoms with Gasteiger partial charge in [0, 0.05) is 44.8 Å². The van der Waals surface area contributed by atoms with Crippen LogP contribution < -0.4 is 35.7 Å². The monoisotopic (exact) mass is 1590 g/mol. The zero-order valence-corrected chi connectivity index (χ0v) is 64.2. The lowest BCUT2D eigenvalue weighted by Gasteiger charge is -2.17. The molecule has 3 aromatic heterocycles. The van der Waals surface area contributed by atoms with E-state index in [0.717, 1.165) is 40.4 Å². The van der Waals surface area contributed by atoms with Gasteiger partial charge in [0.2, 0.25) is 10.0 Å². The zero-order chi connectivity index (χ0) is 77.1. The molecule has 0 radical (unpaired) electrons. The summed E-state index contributed by atoms with van der Waals surface area (Å²) in [6.45, 7) is 6.17. The van der Waals surface area contributed by atoms with Crippen LogP contribution in [-0.2, 0) is 24.4 Å². The van der Waals surface area contributed by atoms with Crippen molar-refractivity contribution in [2.45, 2.75) is 129 Å². The first-order valence-electron chi connectivity index (χ1n) is 35.4. The van der Waals surface area contributed by atoms with Crippen LogP contribution in [0.15, 0.2) is 204 Å².